The molecule has 1 N–H and O–H groups in total. The van der Waals surface area contributed by atoms with Crippen molar-refractivity contribution in [2.24, 2.45) is 0 Å². The van der Waals surface area contributed by atoms with Crippen LogP contribution in [0.5, 0.6) is 0 Å². The van der Waals surface area contributed by atoms with Gasteiger partial charge in [0.2, 0.25) is 0 Å². The van der Waals surface area contributed by atoms with Gasteiger partial charge >= 0.3 is 19.5 Å². The Labute approximate surface area is 89.6 Å². The predicted molar refractivity (Wildman–Crippen MR) is 38.7 cm³/mol. The Kier molecular flexibility index (Phi) is 21.1. The van der Waals surface area contributed by atoms with Crippen molar-refractivity contribution in [3.8, 4) is 0 Å². The van der Waals surface area contributed by atoms with Crippen molar-refractivity contribution in [3.05, 3.63) is 23.2 Å². The maximum atomic E-state index is 8.56. The summed E-state index contributed by atoms with van der Waals surface area (Å²) in [6.07, 6.45) is 1.16. The number of hydrogen-bond donors (Lipinski definition) is 1. The van der Waals surface area contributed by atoms with Crippen LogP contribution in [0.4, 0.5) is 0 Å². The standard InChI is InChI=1S/C4H2Cl2.HO3S.Rh/c1-2-4(6)3-5;1-4(2)3;/h1-2H;(H,1,2,3);/q-2;-1;+3. The smallest absolute Gasteiger partial charge is 0.439 e. The van der Waals surface area contributed by atoms with Gasteiger partial charge in [-0.25, -0.2) is 23.2 Å². The Bertz CT molecular complexity index is 182. The number of hydrogen-bond acceptors (Lipinski definition) is 3. The monoisotopic (exact) mass is 304 g/mol. The molecular formula is C4H3Cl2O3RhS. The van der Waals surface area contributed by atoms with Crippen LogP contribution < -0.4 is 0 Å². The van der Waals surface area contributed by atoms with Crippen molar-refractivity contribution in [2.75, 3.05) is 0 Å². The zero-order chi connectivity index (χ0) is 8.57. The van der Waals surface area contributed by atoms with Crippen LogP contribution in [0.2, 0.25) is 0 Å². The second-order valence-corrected chi connectivity index (χ2v) is 1.86. The summed E-state index contributed by atoms with van der Waals surface area (Å²) >= 11 is 10.1. The first kappa shape index (κ1) is 17.6. The molecule has 0 aliphatic heterocycles. The van der Waals surface area contributed by atoms with E-state index in [0.717, 1.165) is 6.08 Å². The van der Waals surface area contributed by atoms with E-state index >= 15 is 0 Å². The Balaban J connectivity index is -0.000000114. The van der Waals surface area contributed by atoms with Gasteiger partial charge in [0.1, 0.15) is 0 Å². The van der Waals surface area contributed by atoms with E-state index < -0.39 is 11.0 Å². The molecule has 0 saturated heterocycles. The van der Waals surface area contributed by atoms with Gasteiger partial charge < -0.3 is 25.6 Å². The summed E-state index contributed by atoms with van der Waals surface area (Å²) in [5.74, 6) is 0. The van der Waals surface area contributed by atoms with Crippen molar-refractivity contribution in [2.45, 2.75) is 0 Å². The van der Waals surface area contributed by atoms with Gasteiger partial charge in [0.15, 0.2) is 0 Å². The molecule has 0 atom stereocenters. The molecule has 0 aromatic heterocycles. The quantitative estimate of drug-likeness (QED) is 0.201. The average Bonchev–Trinajstić information content (AvgIpc) is 1.85. The summed E-state index contributed by atoms with van der Waals surface area (Å²) in [7, 11) is -2.86. The zero-order valence-electron chi connectivity index (χ0n) is 4.92. The molecule has 0 amide bonds. The van der Waals surface area contributed by atoms with Crippen LogP contribution in [-0.4, -0.2) is 4.55 Å². The largest absolute Gasteiger partial charge is 3.00 e. The van der Waals surface area contributed by atoms with Gasteiger partial charge in [-0.05, 0) is 0 Å². The van der Waals surface area contributed by atoms with Gasteiger partial charge in [-0.1, -0.05) is 0 Å². The van der Waals surface area contributed by atoms with Crippen molar-refractivity contribution < 1.29 is 32.4 Å². The molecule has 0 spiro atoms. The fourth-order valence-corrected chi connectivity index (χ4v) is 0.0945. The van der Waals surface area contributed by atoms with Gasteiger partial charge in [0.25, 0.3) is 0 Å². The minimum atomic E-state index is -2.86. The van der Waals surface area contributed by atoms with Gasteiger partial charge in [0.05, 0.1) is 0 Å². The van der Waals surface area contributed by atoms with E-state index in [0.29, 0.717) is 0 Å². The Hall–Kier alpha value is 0.593. The molecule has 66 valence electrons. The molecule has 11 heavy (non-hydrogen) atoms. The topological polar surface area (TPSA) is 54.4 Å². The van der Waals surface area contributed by atoms with Crippen molar-refractivity contribution in [1.29, 1.82) is 0 Å². The normalized spacial score (nSPS) is 9.27. The predicted octanol–water partition coefficient (Wildman–Crippen LogP) is 1.86. The molecule has 0 bridgehead atoms. The SMILES string of the molecule is O=[S-](=O)O.[CH-]=CC(Cl)=[C-]Cl.[Rh+3]. The maximum absolute atomic E-state index is 8.56. The fourth-order valence-electron chi connectivity index (χ4n) is 0.0315. The Morgan fingerprint density at radius 1 is 1.64 bits per heavy atom. The molecule has 0 heterocycles. The van der Waals surface area contributed by atoms with E-state index in [2.05, 4.69) is 5.54 Å². The van der Waals surface area contributed by atoms with Gasteiger partial charge in [-0.2, -0.15) is 0 Å². The van der Waals surface area contributed by atoms with Crippen molar-refractivity contribution >= 4 is 34.2 Å². The molecule has 0 aliphatic carbocycles. The maximum Gasteiger partial charge on any atom is 3.00 e. The summed E-state index contributed by atoms with van der Waals surface area (Å²) in [5, 5.41) is 0.233. The third-order valence-electron chi connectivity index (χ3n) is 0.237. The number of rotatable bonds is 1. The van der Waals surface area contributed by atoms with Crippen molar-refractivity contribution in [3.63, 3.8) is 0 Å². The minimum absolute atomic E-state index is 0. The minimum Gasteiger partial charge on any atom is -0.439 e. The third kappa shape index (κ3) is 37.1. The molecule has 0 radical (unpaired) electrons. The van der Waals surface area contributed by atoms with E-state index in [1.54, 1.807) is 0 Å². The molecule has 7 heteroatoms. The summed E-state index contributed by atoms with van der Waals surface area (Å²) < 4.78 is 24.1. The van der Waals surface area contributed by atoms with Crippen LogP contribution in [0.25, 0.3) is 0 Å². The van der Waals surface area contributed by atoms with E-state index in [1.807, 2.05) is 0 Å². The number of allylic oxidation sites excluding steroid dienone is 2. The summed E-state index contributed by atoms with van der Waals surface area (Å²) in [6, 6.07) is 0. The zero-order valence-corrected chi connectivity index (χ0v) is 8.88. The summed E-state index contributed by atoms with van der Waals surface area (Å²) in [6.45, 7) is 4.84. The van der Waals surface area contributed by atoms with Crippen LogP contribution in [0, 0.1) is 12.1 Å². The molecule has 0 fully saturated rings. The molecule has 0 aliphatic rings. The van der Waals surface area contributed by atoms with Crippen LogP contribution in [-0.2, 0) is 38.9 Å². The summed E-state index contributed by atoms with van der Waals surface area (Å²) in [5.41, 5.74) is 2.09. The van der Waals surface area contributed by atoms with Crippen LogP contribution in [0.15, 0.2) is 11.1 Å². The van der Waals surface area contributed by atoms with E-state index in [4.69, 9.17) is 42.8 Å². The molecule has 0 unspecified atom stereocenters. The van der Waals surface area contributed by atoms with Crippen LogP contribution in [0.3, 0.4) is 0 Å². The molecule has 0 saturated carbocycles. The number of halogens is 2. The first-order valence-corrected chi connectivity index (χ1v) is 3.55. The molecule has 3 nitrogen and oxygen atoms in total. The van der Waals surface area contributed by atoms with Gasteiger partial charge in [-0.3, -0.25) is 10.6 Å². The van der Waals surface area contributed by atoms with Gasteiger partial charge in [0, 0.05) is 11.0 Å². The first-order chi connectivity index (χ1) is 4.54. The van der Waals surface area contributed by atoms with E-state index in [-0.39, 0.29) is 24.5 Å². The fraction of sp³-hybridized carbons (Fsp3) is 0. The molecule has 0 rings (SSSR count). The van der Waals surface area contributed by atoms with Crippen molar-refractivity contribution in [1.82, 2.24) is 0 Å². The average molecular weight is 305 g/mol. The van der Waals surface area contributed by atoms with Crippen LogP contribution >= 0.6 is 23.2 Å². The van der Waals surface area contributed by atoms with E-state index in [1.165, 1.54) is 0 Å². The van der Waals surface area contributed by atoms with Gasteiger partial charge in [-0.15, -0.1) is 0 Å². The molecule has 0 aromatic carbocycles. The third-order valence-corrected chi connectivity index (χ3v) is 0.757. The molecule has 0 aromatic rings. The van der Waals surface area contributed by atoms with Crippen LogP contribution in [0.1, 0.15) is 0 Å². The second-order valence-electron chi connectivity index (χ2n) is 0.826. The first-order valence-electron chi connectivity index (χ1n) is 1.77. The Morgan fingerprint density at radius 3 is 1.91 bits per heavy atom. The molecular weight excluding hydrogens is 302 g/mol. The summed E-state index contributed by atoms with van der Waals surface area (Å²) in [4.78, 5) is 0. The Morgan fingerprint density at radius 2 is 1.91 bits per heavy atom. The second kappa shape index (κ2) is 13.2. The van der Waals surface area contributed by atoms with E-state index in [9.17, 15) is 0 Å².